The number of hydrogen-bond acceptors (Lipinski definition) is 2. The molecule has 0 spiro atoms. The van der Waals surface area contributed by atoms with E-state index in [1.165, 1.54) is 51.7 Å². The molecule has 2 amide bonds. The van der Waals surface area contributed by atoms with Gasteiger partial charge in [0.2, 0.25) is 0 Å². The quantitative estimate of drug-likeness (QED) is 0.735. The minimum Gasteiger partial charge on any atom is -0.338 e. The van der Waals surface area contributed by atoms with Gasteiger partial charge in [0.05, 0.1) is 0 Å². The van der Waals surface area contributed by atoms with Gasteiger partial charge in [-0.2, -0.15) is 0 Å². The van der Waals surface area contributed by atoms with Crippen molar-refractivity contribution in [3.63, 3.8) is 0 Å². The number of urea groups is 1. The molecule has 2 rings (SSSR count). The van der Waals surface area contributed by atoms with Gasteiger partial charge in [-0.15, -0.1) is 0 Å². The summed E-state index contributed by atoms with van der Waals surface area (Å²) in [5.41, 5.74) is 0. The molecule has 1 atom stereocenters. The topological polar surface area (TPSA) is 44.4 Å². The molecule has 2 fully saturated rings. The van der Waals surface area contributed by atoms with Crippen LogP contribution in [-0.2, 0) is 0 Å². The van der Waals surface area contributed by atoms with Gasteiger partial charge in [0.1, 0.15) is 0 Å². The minimum absolute atomic E-state index is 0.0310. The van der Waals surface area contributed by atoms with E-state index in [1.54, 1.807) is 0 Å². The highest BCUT2D eigenvalue weighted by atomic mass is 16.2. The Kier molecular flexibility index (Phi) is 6.64. The molecular weight excluding hydrogens is 250 g/mol. The first kappa shape index (κ1) is 15.6. The van der Waals surface area contributed by atoms with Crippen LogP contribution in [0.4, 0.5) is 4.79 Å². The Labute approximate surface area is 123 Å². The molecule has 1 saturated carbocycles. The second-order valence-corrected chi connectivity index (χ2v) is 6.64. The van der Waals surface area contributed by atoms with Crippen molar-refractivity contribution in [2.24, 2.45) is 5.92 Å². The number of nitrogens with one attached hydrogen (secondary N) is 2. The molecule has 1 heterocycles. The average molecular weight is 281 g/mol. The summed E-state index contributed by atoms with van der Waals surface area (Å²) in [6.45, 7) is 6.87. The molecule has 0 aromatic heterocycles. The standard InChI is InChI=1S/C16H31N3O/c1-14-7-6-12-19(13-14)11-5-4-10-17-16(20)18-15-8-2-3-9-15/h14-15H,2-13H2,1H3,(H2,17,18,20). The number of amides is 2. The van der Waals surface area contributed by atoms with Crippen LogP contribution < -0.4 is 10.6 Å². The summed E-state index contributed by atoms with van der Waals surface area (Å²) < 4.78 is 0. The van der Waals surface area contributed by atoms with Gasteiger partial charge in [-0.05, 0) is 57.5 Å². The molecule has 0 aromatic carbocycles. The third-order valence-corrected chi connectivity index (χ3v) is 4.62. The van der Waals surface area contributed by atoms with Crippen LogP contribution in [0.25, 0.3) is 0 Å². The van der Waals surface area contributed by atoms with Crippen molar-refractivity contribution < 1.29 is 4.79 Å². The zero-order valence-electron chi connectivity index (χ0n) is 13.0. The van der Waals surface area contributed by atoms with Crippen molar-refractivity contribution in [1.29, 1.82) is 0 Å². The van der Waals surface area contributed by atoms with Crippen molar-refractivity contribution in [2.45, 2.75) is 64.3 Å². The Morgan fingerprint density at radius 2 is 1.95 bits per heavy atom. The van der Waals surface area contributed by atoms with E-state index in [2.05, 4.69) is 22.5 Å². The zero-order valence-corrected chi connectivity index (χ0v) is 13.0. The number of unbranched alkanes of at least 4 members (excludes halogenated alkanes) is 1. The fourth-order valence-electron chi connectivity index (χ4n) is 3.46. The van der Waals surface area contributed by atoms with E-state index >= 15 is 0 Å². The van der Waals surface area contributed by atoms with E-state index < -0.39 is 0 Å². The summed E-state index contributed by atoms with van der Waals surface area (Å²) in [5, 5.41) is 6.05. The smallest absolute Gasteiger partial charge is 0.315 e. The van der Waals surface area contributed by atoms with Crippen molar-refractivity contribution in [3.8, 4) is 0 Å². The van der Waals surface area contributed by atoms with Crippen molar-refractivity contribution in [1.82, 2.24) is 15.5 Å². The normalized spacial score (nSPS) is 24.8. The highest BCUT2D eigenvalue weighted by Gasteiger charge is 2.17. The summed E-state index contributed by atoms with van der Waals surface area (Å²) >= 11 is 0. The summed E-state index contributed by atoms with van der Waals surface area (Å²) in [6, 6.07) is 0.452. The highest BCUT2D eigenvalue weighted by Crippen LogP contribution is 2.17. The van der Waals surface area contributed by atoms with Crippen molar-refractivity contribution in [3.05, 3.63) is 0 Å². The first-order valence-corrected chi connectivity index (χ1v) is 8.51. The van der Waals surface area contributed by atoms with Gasteiger partial charge in [-0.1, -0.05) is 19.8 Å². The second-order valence-electron chi connectivity index (χ2n) is 6.64. The maximum absolute atomic E-state index is 11.7. The largest absolute Gasteiger partial charge is 0.338 e. The summed E-state index contributed by atoms with van der Waals surface area (Å²) in [7, 11) is 0. The molecule has 0 radical (unpaired) electrons. The van der Waals surface area contributed by atoms with Gasteiger partial charge in [0.25, 0.3) is 0 Å². The first-order chi connectivity index (χ1) is 9.74. The lowest BCUT2D eigenvalue weighted by Crippen LogP contribution is -2.41. The Balaban J connectivity index is 1.45. The van der Waals surface area contributed by atoms with Crippen LogP contribution in [-0.4, -0.2) is 43.2 Å². The summed E-state index contributed by atoms with van der Waals surface area (Å²) in [4.78, 5) is 14.3. The molecule has 2 N–H and O–H groups in total. The Morgan fingerprint density at radius 3 is 2.70 bits per heavy atom. The third-order valence-electron chi connectivity index (χ3n) is 4.62. The highest BCUT2D eigenvalue weighted by molar-refractivity contribution is 5.74. The fourth-order valence-corrected chi connectivity index (χ4v) is 3.46. The number of carbonyl (C=O) groups excluding carboxylic acids is 1. The Morgan fingerprint density at radius 1 is 1.15 bits per heavy atom. The van der Waals surface area contributed by atoms with Gasteiger partial charge in [0.15, 0.2) is 0 Å². The summed E-state index contributed by atoms with van der Waals surface area (Å²) in [5.74, 6) is 0.860. The third kappa shape index (κ3) is 5.70. The van der Waals surface area contributed by atoms with Gasteiger partial charge in [-0.3, -0.25) is 0 Å². The molecule has 116 valence electrons. The van der Waals surface area contributed by atoms with Crippen LogP contribution >= 0.6 is 0 Å². The zero-order chi connectivity index (χ0) is 14.2. The van der Waals surface area contributed by atoms with Gasteiger partial charge in [0, 0.05) is 19.1 Å². The number of rotatable bonds is 6. The fraction of sp³-hybridized carbons (Fsp3) is 0.938. The lowest BCUT2D eigenvalue weighted by Gasteiger charge is -2.30. The van der Waals surface area contributed by atoms with E-state index in [0.29, 0.717) is 6.04 Å². The molecule has 20 heavy (non-hydrogen) atoms. The number of hydrogen-bond donors (Lipinski definition) is 2. The van der Waals surface area contributed by atoms with E-state index in [-0.39, 0.29) is 6.03 Å². The van der Waals surface area contributed by atoms with Crippen molar-refractivity contribution in [2.75, 3.05) is 26.2 Å². The predicted molar refractivity (Wildman–Crippen MR) is 82.9 cm³/mol. The molecule has 0 bridgehead atoms. The maximum atomic E-state index is 11.7. The van der Waals surface area contributed by atoms with Gasteiger partial charge < -0.3 is 15.5 Å². The summed E-state index contributed by atoms with van der Waals surface area (Å²) in [6.07, 6.45) is 9.85. The number of nitrogens with zero attached hydrogens (tertiary/aromatic N) is 1. The molecule has 4 heteroatoms. The molecule has 0 aromatic rings. The van der Waals surface area contributed by atoms with E-state index in [9.17, 15) is 4.79 Å². The number of piperidine rings is 1. The van der Waals surface area contributed by atoms with Crippen molar-refractivity contribution >= 4 is 6.03 Å². The number of carbonyl (C=O) groups is 1. The monoisotopic (exact) mass is 281 g/mol. The van der Waals surface area contributed by atoms with Crippen LogP contribution in [0.5, 0.6) is 0 Å². The minimum atomic E-state index is 0.0310. The lowest BCUT2D eigenvalue weighted by molar-refractivity contribution is 0.181. The van der Waals surface area contributed by atoms with Crippen LogP contribution in [0.1, 0.15) is 58.3 Å². The van der Waals surface area contributed by atoms with Gasteiger partial charge >= 0.3 is 6.03 Å². The second kappa shape index (κ2) is 8.50. The predicted octanol–water partition coefficient (Wildman–Crippen LogP) is 2.74. The SMILES string of the molecule is CC1CCCN(CCCCNC(=O)NC2CCCC2)C1. The molecule has 2 aliphatic rings. The average Bonchev–Trinajstić information content (AvgIpc) is 2.91. The maximum Gasteiger partial charge on any atom is 0.315 e. The number of likely N-dealkylation sites (tertiary alicyclic amines) is 1. The van der Waals surface area contributed by atoms with E-state index in [0.717, 1.165) is 31.7 Å². The Hall–Kier alpha value is -0.770. The van der Waals surface area contributed by atoms with E-state index in [1.807, 2.05) is 0 Å². The van der Waals surface area contributed by atoms with Crippen LogP contribution in [0.3, 0.4) is 0 Å². The van der Waals surface area contributed by atoms with Crippen LogP contribution in [0.2, 0.25) is 0 Å². The molecule has 4 nitrogen and oxygen atoms in total. The Bertz CT molecular complexity index is 289. The van der Waals surface area contributed by atoms with Gasteiger partial charge in [-0.25, -0.2) is 4.79 Å². The molecule has 1 aliphatic carbocycles. The molecule has 1 aliphatic heterocycles. The van der Waals surface area contributed by atoms with Crippen LogP contribution in [0, 0.1) is 5.92 Å². The van der Waals surface area contributed by atoms with E-state index in [4.69, 9.17) is 0 Å². The van der Waals surface area contributed by atoms with Crippen LogP contribution in [0.15, 0.2) is 0 Å². The first-order valence-electron chi connectivity index (χ1n) is 8.51. The molecule has 1 saturated heterocycles. The lowest BCUT2D eigenvalue weighted by atomic mass is 10.0. The molecular formula is C16H31N3O. The molecule has 1 unspecified atom stereocenters.